The molecule has 1 aromatic rings. The zero-order valence-electron chi connectivity index (χ0n) is 14.7. The SMILES string of the molecule is CCCCCc1ccc(C(C)(C)CC)cc1SNNCCN. The van der Waals surface area contributed by atoms with Gasteiger partial charge < -0.3 is 5.73 Å². The normalized spacial score (nSPS) is 11.9. The summed E-state index contributed by atoms with van der Waals surface area (Å²) in [6.07, 6.45) is 6.12. The van der Waals surface area contributed by atoms with Crippen LogP contribution >= 0.6 is 11.9 Å². The topological polar surface area (TPSA) is 50.1 Å². The van der Waals surface area contributed by atoms with Gasteiger partial charge in [-0.1, -0.05) is 52.7 Å². The third-order valence-corrected chi connectivity index (χ3v) is 5.13. The molecule has 0 unspecified atom stereocenters. The quantitative estimate of drug-likeness (QED) is 0.325. The van der Waals surface area contributed by atoms with E-state index < -0.39 is 0 Å². The van der Waals surface area contributed by atoms with E-state index in [0.717, 1.165) is 19.4 Å². The van der Waals surface area contributed by atoms with E-state index in [9.17, 15) is 0 Å². The maximum Gasteiger partial charge on any atom is 0.0275 e. The van der Waals surface area contributed by atoms with Gasteiger partial charge in [0.25, 0.3) is 0 Å². The second kappa shape index (κ2) is 10.3. The van der Waals surface area contributed by atoms with Gasteiger partial charge in [0.1, 0.15) is 0 Å². The molecule has 3 nitrogen and oxygen atoms in total. The van der Waals surface area contributed by atoms with Crippen molar-refractivity contribution < 1.29 is 0 Å². The first-order valence-corrected chi connectivity index (χ1v) is 9.35. The van der Waals surface area contributed by atoms with Gasteiger partial charge in [0.2, 0.25) is 0 Å². The molecule has 0 fully saturated rings. The van der Waals surface area contributed by atoms with Crippen LogP contribution in [0.3, 0.4) is 0 Å². The van der Waals surface area contributed by atoms with Crippen molar-refractivity contribution in [2.45, 2.75) is 70.1 Å². The number of nitrogens with one attached hydrogen (secondary N) is 2. The predicted molar refractivity (Wildman–Crippen MR) is 99.0 cm³/mol. The van der Waals surface area contributed by atoms with E-state index in [0.29, 0.717) is 6.54 Å². The Balaban J connectivity index is 2.85. The summed E-state index contributed by atoms with van der Waals surface area (Å²) in [6, 6.07) is 6.98. The maximum atomic E-state index is 5.51. The van der Waals surface area contributed by atoms with E-state index in [-0.39, 0.29) is 5.41 Å². The Morgan fingerprint density at radius 2 is 1.95 bits per heavy atom. The minimum absolute atomic E-state index is 0.224. The summed E-state index contributed by atoms with van der Waals surface area (Å²) < 4.78 is 0. The van der Waals surface area contributed by atoms with Gasteiger partial charge in [0.05, 0.1) is 0 Å². The molecule has 0 atom stereocenters. The van der Waals surface area contributed by atoms with Gasteiger partial charge in [0.15, 0.2) is 0 Å². The molecule has 0 aromatic heterocycles. The van der Waals surface area contributed by atoms with Crippen molar-refractivity contribution in [1.82, 2.24) is 10.3 Å². The second-order valence-electron chi connectivity index (χ2n) is 6.44. The summed E-state index contributed by atoms with van der Waals surface area (Å²) in [4.78, 5) is 4.55. The van der Waals surface area contributed by atoms with Crippen LogP contribution in [0.1, 0.15) is 64.5 Å². The lowest BCUT2D eigenvalue weighted by molar-refractivity contribution is 0.504. The largest absolute Gasteiger partial charge is 0.329 e. The molecular formula is C18H33N3S. The van der Waals surface area contributed by atoms with Gasteiger partial charge in [-0.2, -0.15) is 4.83 Å². The minimum Gasteiger partial charge on any atom is -0.329 e. The predicted octanol–water partition coefficient (Wildman–Crippen LogP) is 4.17. The standard InChI is InChI=1S/C18H33N3S/c1-5-7-8-9-15-10-11-16(18(3,4)6-2)14-17(15)22-21-20-13-12-19/h10-11,14,20-21H,5-9,12-13,19H2,1-4H3. The van der Waals surface area contributed by atoms with Crippen LogP contribution in [0.25, 0.3) is 0 Å². The summed E-state index contributed by atoms with van der Waals surface area (Å²) in [5.41, 5.74) is 11.7. The first-order chi connectivity index (χ1) is 10.5. The Hall–Kier alpha value is -0.550. The van der Waals surface area contributed by atoms with Gasteiger partial charge in [-0.05, 0) is 53.8 Å². The van der Waals surface area contributed by atoms with E-state index in [1.54, 1.807) is 11.9 Å². The van der Waals surface area contributed by atoms with Gasteiger partial charge >= 0.3 is 0 Å². The fourth-order valence-corrected chi connectivity index (χ4v) is 3.03. The minimum atomic E-state index is 0.224. The number of unbranched alkanes of at least 4 members (excludes halogenated alkanes) is 2. The smallest absolute Gasteiger partial charge is 0.0275 e. The lowest BCUT2D eigenvalue weighted by Gasteiger charge is -2.25. The number of hydrogen-bond donors (Lipinski definition) is 3. The zero-order chi connectivity index (χ0) is 16.4. The number of rotatable bonds is 11. The molecule has 0 aliphatic heterocycles. The fourth-order valence-electron chi connectivity index (χ4n) is 2.26. The van der Waals surface area contributed by atoms with Crippen molar-refractivity contribution in [1.29, 1.82) is 0 Å². The Morgan fingerprint density at radius 1 is 1.18 bits per heavy atom. The van der Waals surface area contributed by atoms with Crippen LogP contribution in [0.15, 0.2) is 23.1 Å². The molecule has 0 saturated heterocycles. The first-order valence-electron chi connectivity index (χ1n) is 8.53. The number of nitrogens with two attached hydrogens (primary N) is 1. The molecular weight excluding hydrogens is 290 g/mol. The molecule has 22 heavy (non-hydrogen) atoms. The van der Waals surface area contributed by atoms with Crippen molar-refractivity contribution in [2.24, 2.45) is 5.73 Å². The van der Waals surface area contributed by atoms with E-state index in [1.165, 1.54) is 35.3 Å². The van der Waals surface area contributed by atoms with Crippen LogP contribution in [-0.4, -0.2) is 13.1 Å². The van der Waals surface area contributed by atoms with E-state index in [2.05, 4.69) is 56.2 Å². The average molecular weight is 324 g/mol. The zero-order valence-corrected chi connectivity index (χ0v) is 15.5. The lowest BCUT2D eigenvalue weighted by atomic mass is 9.82. The molecule has 1 aromatic carbocycles. The number of hydrogen-bond acceptors (Lipinski definition) is 4. The molecule has 0 heterocycles. The Bertz CT molecular complexity index is 432. The summed E-state index contributed by atoms with van der Waals surface area (Å²) >= 11 is 1.67. The van der Waals surface area contributed by atoms with E-state index in [1.807, 2.05) is 0 Å². The highest BCUT2D eigenvalue weighted by molar-refractivity contribution is 7.97. The highest BCUT2D eigenvalue weighted by Gasteiger charge is 2.19. The number of benzene rings is 1. The van der Waals surface area contributed by atoms with E-state index >= 15 is 0 Å². The molecule has 1 rings (SSSR count). The van der Waals surface area contributed by atoms with E-state index in [4.69, 9.17) is 5.73 Å². The van der Waals surface area contributed by atoms with Gasteiger partial charge in [-0.25, -0.2) is 5.43 Å². The molecule has 0 radical (unpaired) electrons. The second-order valence-corrected chi connectivity index (χ2v) is 7.28. The Labute approximate surface area is 140 Å². The summed E-state index contributed by atoms with van der Waals surface area (Å²) in [5.74, 6) is 0. The van der Waals surface area contributed by atoms with Crippen LogP contribution < -0.4 is 16.0 Å². The van der Waals surface area contributed by atoms with Gasteiger partial charge in [0, 0.05) is 18.0 Å². The lowest BCUT2D eigenvalue weighted by Crippen LogP contribution is -2.30. The summed E-state index contributed by atoms with van der Waals surface area (Å²) in [7, 11) is 0. The monoisotopic (exact) mass is 323 g/mol. The average Bonchev–Trinajstić information content (AvgIpc) is 2.52. The van der Waals surface area contributed by atoms with Crippen LogP contribution in [0, 0.1) is 0 Å². The third-order valence-electron chi connectivity index (χ3n) is 4.28. The molecule has 0 spiro atoms. The van der Waals surface area contributed by atoms with Crippen LogP contribution in [0.5, 0.6) is 0 Å². The highest BCUT2D eigenvalue weighted by Crippen LogP contribution is 2.31. The van der Waals surface area contributed by atoms with Crippen LogP contribution in [-0.2, 0) is 11.8 Å². The molecule has 0 aliphatic rings. The fraction of sp³-hybridized carbons (Fsp3) is 0.667. The van der Waals surface area contributed by atoms with Gasteiger partial charge in [-0.3, -0.25) is 0 Å². The molecule has 0 bridgehead atoms. The van der Waals surface area contributed by atoms with Gasteiger partial charge in [-0.15, -0.1) is 0 Å². The van der Waals surface area contributed by atoms with Crippen LogP contribution in [0.2, 0.25) is 0 Å². The van der Waals surface area contributed by atoms with Crippen LogP contribution in [0.4, 0.5) is 0 Å². The van der Waals surface area contributed by atoms with Crippen molar-refractivity contribution >= 4 is 11.9 Å². The molecule has 0 saturated carbocycles. The molecule has 0 amide bonds. The number of hydrazine groups is 1. The van der Waals surface area contributed by atoms with Crippen molar-refractivity contribution in [3.8, 4) is 0 Å². The Morgan fingerprint density at radius 3 is 2.59 bits per heavy atom. The maximum absolute atomic E-state index is 5.51. The molecule has 4 N–H and O–H groups in total. The Kier molecular flexibility index (Phi) is 9.10. The summed E-state index contributed by atoms with van der Waals surface area (Å²) in [6.45, 7) is 10.5. The van der Waals surface area contributed by atoms with Crippen molar-refractivity contribution in [2.75, 3.05) is 13.1 Å². The number of aryl methyl sites for hydroxylation is 1. The molecule has 4 heteroatoms. The molecule has 126 valence electrons. The highest BCUT2D eigenvalue weighted by atomic mass is 32.2. The first kappa shape index (κ1) is 19.5. The van der Waals surface area contributed by atoms with Crippen molar-refractivity contribution in [3.63, 3.8) is 0 Å². The summed E-state index contributed by atoms with van der Waals surface area (Å²) in [5, 5.41) is 0. The third kappa shape index (κ3) is 6.29. The molecule has 0 aliphatic carbocycles. The van der Waals surface area contributed by atoms with Crippen molar-refractivity contribution in [3.05, 3.63) is 29.3 Å².